The third-order valence-electron chi connectivity index (χ3n) is 5.43. The first kappa shape index (κ1) is 27.3. The number of carboxylic acids is 1. The van der Waals surface area contributed by atoms with Gasteiger partial charge in [0.25, 0.3) is 0 Å². The summed E-state index contributed by atoms with van der Waals surface area (Å²) in [6.07, 6.45) is -2.64. The SMILES string of the molecule is CN(C)CCC(N)C(=O)N1CCC(c2cc(-c3ccc(F)cc3)n[nH]2)CC1.O=C(O)C(F)(F)F. The third-order valence-corrected chi connectivity index (χ3v) is 5.43. The van der Waals surface area contributed by atoms with E-state index in [9.17, 15) is 22.4 Å². The van der Waals surface area contributed by atoms with E-state index < -0.39 is 18.2 Å². The number of likely N-dealkylation sites (tertiary alicyclic amines) is 1. The van der Waals surface area contributed by atoms with Crippen LogP contribution in [0.15, 0.2) is 30.3 Å². The molecule has 188 valence electrons. The number of hydrogen-bond acceptors (Lipinski definition) is 5. The number of hydrogen-bond donors (Lipinski definition) is 3. The third kappa shape index (κ3) is 8.10. The summed E-state index contributed by atoms with van der Waals surface area (Å²) in [5, 5.41) is 14.6. The first-order valence-corrected chi connectivity index (χ1v) is 10.7. The van der Waals surface area contributed by atoms with Crippen molar-refractivity contribution in [1.29, 1.82) is 0 Å². The van der Waals surface area contributed by atoms with Gasteiger partial charge in [-0.05, 0) is 70.2 Å². The number of nitrogens with zero attached hydrogens (tertiary/aromatic N) is 3. The summed E-state index contributed by atoms with van der Waals surface area (Å²) in [5.41, 5.74) is 8.83. The molecule has 8 nitrogen and oxygen atoms in total. The molecule has 1 aromatic carbocycles. The highest BCUT2D eigenvalue weighted by Crippen LogP contribution is 2.29. The number of nitrogens with one attached hydrogen (secondary N) is 1. The van der Waals surface area contributed by atoms with Crippen molar-refractivity contribution >= 4 is 11.9 Å². The summed E-state index contributed by atoms with van der Waals surface area (Å²) < 4.78 is 44.8. The second kappa shape index (κ2) is 11.9. The zero-order valence-electron chi connectivity index (χ0n) is 19.0. The van der Waals surface area contributed by atoms with E-state index in [2.05, 4.69) is 10.2 Å². The zero-order valence-corrected chi connectivity index (χ0v) is 19.0. The second-order valence-corrected chi connectivity index (χ2v) is 8.32. The number of carbonyl (C=O) groups is 2. The molecule has 2 heterocycles. The summed E-state index contributed by atoms with van der Waals surface area (Å²) in [6, 6.07) is 7.93. The minimum atomic E-state index is -5.08. The van der Waals surface area contributed by atoms with Crippen LogP contribution in [0.4, 0.5) is 17.6 Å². The quantitative estimate of drug-likeness (QED) is 0.540. The van der Waals surface area contributed by atoms with Crippen molar-refractivity contribution < 1.29 is 32.3 Å². The number of aliphatic carboxylic acids is 1. The van der Waals surface area contributed by atoms with Gasteiger partial charge in [-0.1, -0.05) is 0 Å². The molecule has 3 rings (SSSR count). The lowest BCUT2D eigenvalue weighted by atomic mass is 9.92. The molecule has 1 fully saturated rings. The molecule has 1 aromatic heterocycles. The standard InChI is InChI=1S/C20H28FN5O.C2HF3O2/c1-25(2)10-9-17(22)20(27)26-11-7-15(8-12-26)19-13-18(23-24-19)14-3-5-16(21)6-4-14;3-2(4,5)1(6)7/h3-6,13,15,17H,7-12,22H2,1-2H3,(H,23,24);(H,6,7). The Kier molecular flexibility index (Phi) is 9.56. The Labute approximate surface area is 194 Å². The van der Waals surface area contributed by atoms with Crippen LogP contribution >= 0.6 is 0 Å². The lowest BCUT2D eigenvalue weighted by Crippen LogP contribution is -2.47. The van der Waals surface area contributed by atoms with Gasteiger partial charge >= 0.3 is 12.1 Å². The maximum Gasteiger partial charge on any atom is 0.490 e. The number of carbonyl (C=O) groups excluding carboxylic acids is 1. The number of piperidine rings is 1. The molecule has 2 aromatic rings. The van der Waals surface area contributed by atoms with Crippen molar-refractivity contribution in [3.8, 4) is 11.3 Å². The maximum absolute atomic E-state index is 13.1. The van der Waals surface area contributed by atoms with E-state index in [1.165, 1.54) is 12.1 Å². The molecule has 0 spiro atoms. The van der Waals surface area contributed by atoms with Gasteiger partial charge in [-0.25, -0.2) is 9.18 Å². The fraction of sp³-hybridized carbons (Fsp3) is 0.500. The van der Waals surface area contributed by atoms with Crippen LogP contribution in [-0.4, -0.2) is 82.9 Å². The van der Waals surface area contributed by atoms with Crippen LogP contribution in [0.3, 0.4) is 0 Å². The summed E-state index contributed by atoms with van der Waals surface area (Å²) >= 11 is 0. The van der Waals surface area contributed by atoms with Crippen molar-refractivity contribution in [2.75, 3.05) is 33.7 Å². The molecule has 4 N–H and O–H groups in total. The summed E-state index contributed by atoms with van der Waals surface area (Å²) in [5.74, 6) is -2.62. The number of H-pyrrole nitrogens is 1. The number of alkyl halides is 3. The average molecular weight is 487 g/mol. The maximum atomic E-state index is 13.1. The van der Waals surface area contributed by atoms with Crippen molar-refractivity contribution in [1.82, 2.24) is 20.0 Å². The number of rotatable bonds is 6. The van der Waals surface area contributed by atoms with E-state index in [0.717, 1.165) is 36.3 Å². The second-order valence-electron chi connectivity index (χ2n) is 8.32. The molecule has 0 saturated carbocycles. The molecule has 1 atom stereocenters. The minimum absolute atomic E-state index is 0.0481. The van der Waals surface area contributed by atoms with Gasteiger partial charge in [0, 0.05) is 30.3 Å². The van der Waals surface area contributed by atoms with Gasteiger partial charge in [-0.2, -0.15) is 18.3 Å². The van der Waals surface area contributed by atoms with E-state index in [1.807, 2.05) is 30.0 Å². The Balaban J connectivity index is 0.000000509. The van der Waals surface area contributed by atoms with Crippen molar-refractivity contribution in [2.24, 2.45) is 5.73 Å². The van der Waals surface area contributed by atoms with E-state index >= 15 is 0 Å². The normalized spacial score (nSPS) is 15.6. The predicted molar refractivity (Wildman–Crippen MR) is 117 cm³/mol. The molecule has 1 saturated heterocycles. The topological polar surface area (TPSA) is 116 Å². The van der Waals surface area contributed by atoms with Gasteiger partial charge in [0.1, 0.15) is 5.82 Å². The molecule has 1 aliphatic rings. The molecule has 0 bridgehead atoms. The van der Waals surface area contributed by atoms with Crippen LogP contribution in [0.5, 0.6) is 0 Å². The number of carboxylic acid groups (broad SMARTS) is 1. The minimum Gasteiger partial charge on any atom is -0.475 e. The molecule has 1 aliphatic heterocycles. The van der Waals surface area contributed by atoms with Crippen LogP contribution in [0.25, 0.3) is 11.3 Å². The van der Waals surface area contributed by atoms with Gasteiger partial charge in [0.05, 0.1) is 11.7 Å². The van der Waals surface area contributed by atoms with Gasteiger partial charge in [0.15, 0.2) is 0 Å². The van der Waals surface area contributed by atoms with Crippen LogP contribution in [0.2, 0.25) is 0 Å². The highest BCUT2D eigenvalue weighted by Gasteiger charge is 2.38. The van der Waals surface area contributed by atoms with Crippen LogP contribution < -0.4 is 5.73 Å². The van der Waals surface area contributed by atoms with Crippen molar-refractivity contribution in [3.05, 3.63) is 41.8 Å². The largest absolute Gasteiger partial charge is 0.490 e. The Morgan fingerprint density at radius 2 is 1.79 bits per heavy atom. The molecule has 0 aliphatic carbocycles. The average Bonchev–Trinajstić information content (AvgIpc) is 3.27. The zero-order chi connectivity index (χ0) is 25.5. The molecule has 12 heteroatoms. The lowest BCUT2D eigenvalue weighted by molar-refractivity contribution is -0.192. The highest BCUT2D eigenvalue weighted by atomic mass is 19.4. The summed E-state index contributed by atoms with van der Waals surface area (Å²) in [6.45, 7) is 2.23. The summed E-state index contributed by atoms with van der Waals surface area (Å²) in [4.78, 5) is 25.3. The number of benzene rings is 1. The number of halogens is 4. The Morgan fingerprint density at radius 1 is 1.24 bits per heavy atom. The lowest BCUT2D eigenvalue weighted by Gasteiger charge is -2.33. The molecular weight excluding hydrogens is 458 g/mol. The van der Waals surface area contributed by atoms with Crippen LogP contribution in [0.1, 0.15) is 30.9 Å². The molecule has 0 radical (unpaired) electrons. The first-order chi connectivity index (χ1) is 15.9. The van der Waals surface area contributed by atoms with E-state index in [4.69, 9.17) is 15.6 Å². The number of aromatic nitrogens is 2. The van der Waals surface area contributed by atoms with Gasteiger partial charge in [-0.3, -0.25) is 9.89 Å². The van der Waals surface area contributed by atoms with E-state index in [-0.39, 0.29) is 11.7 Å². The first-order valence-electron chi connectivity index (χ1n) is 10.7. The van der Waals surface area contributed by atoms with E-state index in [1.54, 1.807) is 12.1 Å². The summed E-state index contributed by atoms with van der Waals surface area (Å²) in [7, 11) is 3.96. The number of nitrogens with two attached hydrogens (primary N) is 1. The van der Waals surface area contributed by atoms with Crippen LogP contribution in [-0.2, 0) is 9.59 Å². The number of aromatic amines is 1. The fourth-order valence-corrected chi connectivity index (χ4v) is 3.48. The molecule has 34 heavy (non-hydrogen) atoms. The fourth-order valence-electron chi connectivity index (χ4n) is 3.48. The Hall–Kier alpha value is -2.99. The van der Waals surface area contributed by atoms with Crippen LogP contribution in [0, 0.1) is 5.82 Å². The molecule has 1 amide bonds. The Morgan fingerprint density at radius 3 is 2.29 bits per heavy atom. The van der Waals surface area contributed by atoms with E-state index in [0.29, 0.717) is 25.4 Å². The molecular formula is C22H29F4N5O3. The Bertz CT molecular complexity index is 939. The number of amides is 1. The van der Waals surface area contributed by atoms with Gasteiger partial charge in [-0.15, -0.1) is 0 Å². The molecule has 1 unspecified atom stereocenters. The van der Waals surface area contributed by atoms with Gasteiger partial charge in [0.2, 0.25) is 5.91 Å². The highest BCUT2D eigenvalue weighted by molar-refractivity contribution is 5.81. The van der Waals surface area contributed by atoms with Crippen molar-refractivity contribution in [3.63, 3.8) is 0 Å². The monoisotopic (exact) mass is 487 g/mol. The smallest absolute Gasteiger partial charge is 0.475 e. The predicted octanol–water partition coefficient (Wildman–Crippen LogP) is 2.83. The van der Waals surface area contributed by atoms with Crippen molar-refractivity contribution in [2.45, 2.75) is 37.4 Å². The van der Waals surface area contributed by atoms with Gasteiger partial charge < -0.3 is 20.6 Å².